The first-order chi connectivity index (χ1) is 18.3. The van der Waals surface area contributed by atoms with Gasteiger partial charge in [-0.2, -0.15) is 26.3 Å². The Morgan fingerprint density at radius 1 is 0.846 bits per heavy atom. The summed E-state index contributed by atoms with van der Waals surface area (Å²) in [6, 6.07) is 1.12. The van der Waals surface area contributed by atoms with Gasteiger partial charge < -0.3 is 20.3 Å². The smallest absolute Gasteiger partial charge is 0.381 e. The van der Waals surface area contributed by atoms with Gasteiger partial charge in [-0.15, -0.1) is 0 Å². The number of alkyl halides is 6. The lowest BCUT2D eigenvalue weighted by atomic mass is 9.82. The Balaban J connectivity index is 1.39. The Hall–Kier alpha value is -2.34. The molecule has 0 aliphatic heterocycles. The van der Waals surface area contributed by atoms with Crippen LogP contribution in [0.15, 0.2) is 18.2 Å². The highest BCUT2D eigenvalue weighted by Crippen LogP contribution is 2.36. The van der Waals surface area contributed by atoms with Gasteiger partial charge in [0.15, 0.2) is 0 Å². The van der Waals surface area contributed by atoms with Gasteiger partial charge in [-0.1, -0.05) is 0 Å². The van der Waals surface area contributed by atoms with Gasteiger partial charge in [0.1, 0.15) is 0 Å². The zero-order chi connectivity index (χ0) is 28.8. The van der Waals surface area contributed by atoms with Crippen molar-refractivity contribution in [1.82, 2.24) is 15.5 Å². The zero-order valence-electron chi connectivity index (χ0n) is 22.3. The highest BCUT2D eigenvalue weighted by Gasteiger charge is 2.37. The Labute approximate surface area is 224 Å². The number of ether oxygens (including phenoxy) is 1. The molecule has 3 rings (SSSR count). The average Bonchev–Trinajstić information content (AvgIpc) is 2.90. The second kappa shape index (κ2) is 13.3. The number of hydrogen-bond acceptors (Lipinski definition) is 4. The molecule has 220 valence electrons. The molecule has 6 nitrogen and oxygen atoms in total. The number of carbonyl (C=O) groups is 2. The van der Waals surface area contributed by atoms with E-state index in [1.54, 1.807) is 7.11 Å². The molecule has 39 heavy (non-hydrogen) atoms. The van der Waals surface area contributed by atoms with E-state index in [4.69, 9.17) is 4.74 Å². The molecule has 0 unspecified atom stereocenters. The van der Waals surface area contributed by atoms with Gasteiger partial charge in [0, 0.05) is 32.3 Å². The third kappa shape index (κ3) is 9.09. The normalized spacial score (nSPS) is 24.3. The number of nitrogens with one attached hydrogen (secondary N) is 2. The van der Waals surface area contributed by atoms with Crippen LogP contribution in [-0.2, 0) is 21.9 Å². The van der Waals surface area contributed by atoms with Gasteiger partial charge >= 0.3 is 12.4 Å². The summed E-state index contributed by atoms with van der Waals surface area (Å²) in [5.74, 6) is -0.484. The van der Waals surface area contributed by atoms with Crippen molar-refractivity contribution in [3.8, 4) is 0 Å². The molecule has 0 saturated heterocycles. The third-order valence-electron chi connectivity index (χ3n) is 7.99. The van der Waals surface area contributed by atoms with Crippen LogP contribution in [0.2, 0.25) is 0 Å². The summed E-state index contributed by atoms with van der Waals surface area (Å²) >= 11 is 0. The van der Waals surface area contributed by atoms with Crippen LogP contribution in [0.4, 0.5) is 26.3 Å². The summed E-state index contributed by atoms with van der Waals surface area (Å²) in [5, 5.41) is 5.75. The average molecular weight is 566 g/mol. The summed E-state index contributed by atoms with van der Waals surface area (Å²) in [7, 11) is 3.55. The Bertz CT molecular complexity index is 936. The van der Waals surface area contributed by atoms with Gasteiger partial charge in [0.05, 0.1) is 23.8 Å². The molecule has 0 atom stereocenters. The highest BCUT2D eigenvalue weighted by molar-refractivity contribution is 5.94. The SMILES string of the molecule is COC1CCC(N(C)C(=O)CNC[C@H]2CC[C@H](CNC(=O)c3cc(C(F)(F)F)cc(C(F)(F)F)c3)CC2)CC1. The van der Waals surface area contributed by atoms with E-state index in [1.165, 1.54) is 0 Å². The van der Waals surface area contributed by atoms with Crippen molar-refractivity contribution in [2.24, 2.45) is 11.8 Å². The van der Waals surface area contributed by atoms with Gasteiger partial charge in [0.25, 0.3) is 5.91 Å². The standard InChI is InChI=1S/C27H37F6N3O3/c1-36(22-7-9-23(39-2)10-8-22)24(37)16-34-14-17-3-5-18(6-4-17)15-35-25(38)19-11-20(26(28,29)30)13-21(12-19)27(31,32)33/h11-13,17-18,22-23,34H,3-10,14-16H2,1-2H3,(H,35,38)/t17-,18-,22?,23?. The van der Waals surface area contributed by atoms with Crippen molar-refractivity contribution in [2.75, 3.05) is 33.8 Å². The van der Waals surface area contributed by atoms with E-state index in [9.17, 15) is 35.9 Å². The van der Waals surface area contributed by atoms with Gasteiger partial charge in [-0.05, 0) is 87.9 Å². The van der Waals surface area contributed by atoms with Crippen LogP contribution < -0.4 is 10.6 Å². The number of rotatable bonds is 9. The largest absolute Gasteiger partial charge is 0.416 e. The minimum absolute atomic E-state index is 0.00464. The lowest BCUT2D eigenvalue weighted by Gasteiger charge is -2.34. The van der Waals surface area contributed by atoms with Crippen LogP contribution in [0.3, 0.4) is 0 Å². The number of carbonyl (C=O) groups excluding carboxylic acids is 2. The summed E-state index contributed by atoms with van der Waals surface area (Å²) < 4.78 is 83.8. The van der Waals surface area contributed by atoms with Crippen LogP contribution in [-0.4, -0.2) is 62.7 Å². The maximum absolute atomic E-state index is 13.1. The van der Waals surface area contributed by atoms with Crippen LogP contribution >= 0.6 is 0 Å². The number of halogens is 6. The fourth-order valence-electron chi connectivity index (χ4n) is 5.44. The number of nitrogens with zero attached hydrogens (tertiary/aromatic N) is 1. The van der Waals surface area contributed by atoms with Gasteiger partial charge in [-0.3, -0.25) is 9.59 Å². The van der Waals surface area contributed by atoms with E-state index < -0.39 is 35.0 Å². The highest BCUT2D eigenvalue weighted by atomic mass is 19.4. The quantitative estimate of drug-likeness (QED) is 0.401. The molecule has 2 N–H and O–H groups in total. The van der Waals surface area contributed by atoms with Crippen LogP contribution in [0.5, 0.6) is 0 Å². The Morgan fingerprint density at radius 2 is 1.36 bits per heavy atom. The van der Waals surface area contributed by atoms with Crippen molar-refractivity contribution in [3.05, 3.63) is 34.9 Å². The predicted molar refractivity (Wildman–Crippen MR) is 133 cm³/mol. The summed E-state index contributed by atoms with van der Waals surface area (Å²) in [6.07, 6.45) is -2.76. The lowest BCUT2D eigenvalue weighted by molar-refractivity contribution is -0.143. The minimum atomic E-state index is -5.01. The number of hydrogen-bond donors (Lipinski definition) is 2. The number of likely N-dealkylation sites (N-methyl/N-ethyl adjacent to an activating group) is 1. The van der Waals surface area contributed by atoms with E-state index in [0.717, 1.165) is 51.4 Å². The molecule has 0 bridgehead atoms. The maximum Gasteiger partial charge on any atom is 0.416 e. The molecular weight excluding hydrogens is 528 g/mol. The number of benzene rings is 1. The van der Waals surface area contributed by atoms with Crippen LogP contribution in [0, 0.1) is 11.8 Å². The number of methoxy groups -OCH3 is 1. The van der Waals surface area contributed by atoms with Gasteiger partial charge in [-0.25, -0.2) is 0 Å². The first-order valence-electron chi connectivity index (χ1n) is 13.3. The van der Waals surface area contributed by atoms with E-state index >= 15 is 0 Å². The van der Waals surface area contributed by atoms with Crippen molar-refractivity contribution in [3.63, 3.8) is 0 Å². The molecular formula is C27H37F6N3O3. The molecule has 0 spiro atoms. The molecule has 2 amide bonds. The van der Waals surface area contributed by atoms with Crippen LogP contribution in [0.1, 0.15) is 72.9 Å². The molecule has 0 radical (unpaired) electrons. The van der Waals surface area contributed by atoms with Crippen molar-refractivity contribution >= 4 is 11.8 Å². The fraction of sp³-hybridized carbons (Fsp3) is 0.704. The van der Waals surface area contributed by atoms with Crippen LogP contribution in [0.25, 0.3) is 0 Å². The molecule has 0 heterocycles. The molecule has 2 aliphatic rings. The van der Waals surface area contributed by atoms with Crippen molar-refractivity contribution < 1.29 is 40.7 Å². The first kappa shape index (κ1) is 31.2. The van der Waals surface area contributed by atoms with E-state index in [-0.39, 0.29) is 43.1 Å². The van der Waals surface area contributed by atoms with E-state index in [1.807, 2.05) is 11.9 Å². The molecule has 2 aliphatic carbocycles. The summed E-state index contributed by atoms with van der Waals surface area (Å²) in [5.41, 5.74) is -3.70. The number of amides is 2. The second-order valence-electron chi connectivity index (χ2n) is 10.7. The van der Waals surface area contributed by atoms with E-state index in [0.29, 0.717) is 24.6 Å². The first-order valence-corrected chi connectivity index (χ1v) is 13.3. The molecule has 2 saturated carbocycles. The molecule has 2 fully saturated rings. The minimum Gasteiger partial charge on any atom is -0.381 e. The Morgan fingerprint density at radius 3 is 1.85 bits per heavy atom. The van der Waals surface area contributed by atoms with Crippen molar-refractivity contribution in [1.29, 1.82) is 0 Å². The topological polar surface area (TPSA) is 70.7 Å². The second-order valence-corrected chi connectivity index (χ2v) is 10.7. The maximum atomic E-state index is 13.1. The summed E-state index contributed by atoms with van der Waals surface area (Å²) in [6.45, 7) is 1.11. The monoisotopic (exact) mass is 565 g/mol. The Kier molecular flexibility index (Phi) is 10.7. The molecule has 1 aromatic rings. The molecule has 0 aromatic heterocycles. The molecule has 12 heteroatoms. The molecule has 1 aromatic carbocycles. The van der Waals surface area contributed by atoms with E-state index in [2.05, 4.69) is 10.6 Å². The predicted octanol–water partition coefficient (Wildman–Crippen LogP) is 5.27. The zero-order valence-corrected chi connectivity index (χ0v) is 22.3. The summed E-state index contributed by atoms with van der Waals surface area (Å²) in [4.78, 5) is 26.8. The lowest BCUT2D eigenvalue weighted by Crippen LogP contribution is -2.45. The fourth-order valence-corrected chi connectivity index (χ4v) is 5.44. The van der Waals surface area contributed by atoms with Crippen molar-refractivity contribution in [2.45, 2.75) is 75.9 Å². The van der Waals surface area contributed by atoms with Gasteiger partial charge in [0.2, 0.25) is 5.91 Å². The third-order valence-corrected chi connectivity index (χ3v) is 7.99.